The summed E-state index contributed by atoms with van der Waals surface area (Å²) in [5.74, 6) is 1.04. The first kappa shape index (κ1) is 19.5. The van der Waals surface area contributed by atoms with Gasteiger partial charge >= 0.3 is 0 Å². The second-order valence-corrected chi connectivity index (χ2v) is 7.07. The highest BCUT2D eigenvalue weighted by Crippen LogP contribution is 2.38. The van der Waals surface area contributed by atoms with Gasteiger partial charge in [0.15, 0.2) is 11.5 Å². The predicted octanol–water partition coefficient (Wildman–Crippen LogP) is 4.96. The second kappa shape index (κ2) is 9.07. The van der Waals surface area contributed by atoms with Crippen molar-refractivity contribution in [3.63, 3.8) is 0 Å². The van der Waals surface area contributed by atoms with Crippen molar-refractivity contribution in [2.75, 3.05) is 19.7 Å². The molecular weight excluding hydrogens is 380 g/mol. The topological polar surface area (TPSA) is 45.5 Å². The summed E-state index contributed by atoms with van der Waals surface area (Å²) in [5, 5.41) is 9.69. The Bertz CT molecular complexity index is 873. The van der Waals surface area contributed by atoms with Crippen LogP contribution in [-0.4, -0.2) is 29.6 Å². The summed E-state index contributed by atoms with van der Waals surface area (Å²) in [6.45, 7) is 4.59. The maximum Gasteiger partial charge on any atom is 0.180 e. The van der Waals surface area contributed by atoms with Gasteiger partial charge in [0, 0.05) is 24.2 Å². The summed E-state index contributed by atoms with van der Waals surface area (Å²) in [6.07, 6.45) is 2.32. The van der Waals surface area contributed by atoms with Crippen molar-refractivity contribution in [2.24, 2.45) is 0 Å². The quantitative estimate of drug-likeness (QED) is 0.641. The Morgan fingerprint density at radius 3 is 2.67 bits per heavy atom. The van der Waals surface area contributed by atoms with Gasteiger partial charge in [-0.3, -0.25) is 0 Å². The molecule has 2 aromatic rings. The molecule has 0 radical (unpaired) electrons. The number of likely N-dealkylation sites (tertiary alicyclic amines) is 1. The molecule has 1 aliphatic heterocycles. The molecule has 0 atom stereocenters. The summed E-state index contributed by atoms with van der Waals surface area (Å²) in [4.78, 5) is 2.98. The summed E-state index contributed by atoms with van der Waals surface area (Å²) in [7, 11) is 0. The van der Waals surface area contributed by atoms with Crippen molar-refractivity contribution >= 4 is 28.8 Å². The van der Waals surface area contributed by atoms with Crippen LogP contribution in [0.25, 0.3) is 0 Å². The van der Waals surface area contributed by atoms with Crippen LogP contribution < -0.4 is 9.47 Å². The lowest BCUT2D eigenvalue weighted by Crippen LogP contribution is -2.26. The largest absolute Gasteiger partial charge is 0.490 e. The van der Waals surface area contributed by atoms with E-state index < -0.39 is 0 Å². The Morgan fingerprint density at radius 1 is 1.22 bits per heavy atom. The fourth-order valence-electron chi connectivity index (χ4n) is 3.10. The van der Waals surface area contributed by atoms with Gasteiger partial charge < -0.3 is 14.4 Å². The van der Waals surface area contributed by atoms with Crippen molar-refractivity contribution in [3.05, 3.63) is 58.1 Å². The Labute approximate surface area is 170 Å². The zero-order valence-electron chi connectivity index (χ0n) is 15.2. The number of nitrogens with zero attached hydrogens (tertiary/aromatic N) is 2. The highest BCUT2D eigenvalue weighted by molar-refractivity contribution is 7.80. The van der Waals surface area contributed by atoms with Gasteiger partial charge in [0.1, 0.15) is 11.6 Å². The second-order valence-electron chi connectivity index (χ2n) is 6.28. The molecule has 1 saturated heterocycles. The molecule has 1 heterocycles. The minimum atomic E-state index is 0.236. The number of rotatable bonds is 6. The summed E-state index contributed by atoms with van der Waals surface area (Å²) >= 11 is 12.1. The third-order valence-electron chi connectivity index (χ3n) is 4.46. The minimum Gasteiger partial charge on any atom is -0.490 e. The number of hydrogen-bond donors (Lipinski definition) is 0. The zero-order valence-corrected chi connectivity index (χ0v) is 16.8. The normalized spacial score (nSPS) is 13.3. The predicted molar refractivity (Wildman–Crippen MR) is 111 cm³/mol. The van der Waals surface area contributed by atoms with Crippen LogP contribution in [0.4, 0.5) is 0 Å². The number of benzene rings is 2. The van der Waals surface area contributed by atoms with Crippen molar-refractivity contribution in [1.82, 2.24) is 4.90 Å². The molecule has 0 spiro atoms. The van der Waals surface area contributed by atoms with E-state index in [1.165, 1.54) is 0 Å². The number of nitriles is 1. The van der Waals surface area contributed by atoms with Crippen LogP contribution in [0, 0.1) is 11.3 Å². The Balaban J connectivity index is 1.86. The van der Waals surface area contributed by atoms with Gasteiger partial charge in [-0.05, 0) is 38.0 Å². The molecule has 0 saturated carbocycles. The number of halogens is 1. The fourth-order valence-corrected chi connectivity index (χ4v) is 3.67. The van der Waals surface area contributed by atoms with Crippen LogP contribution in [0.1, 0.15) is 36.5 Å². The maximum absolute atomic E-state index is 9.24. The summed E-state index contributed by atoms with van der Waals surface area (Å²) < 4.78 is 11.7. The average molecular weight is 401 g/mol. The molecule has 0 N–H and O–H groups in total. The molecule has 27 heavy (non-hydrogen) atoms. The van der Waals surface area contributed by atoms with E-state index in [-0.39, 0.29) is 6.61 Å². The van der Waals surface area contributed by atoms with Gasteiger partial charge in [-0.15, -0.1) is 0 Å². The van der Waals surface area contributed by atoms with E-state index in [1.54, 1.807) is 6.07 Å². The fraction of sp³-hybridized carbons (Fsp3) is 0.333. The third kappa shape index (κ3) is 4.52. The van der Waals surface area contributed by atoms with Crippen molar-refractivity contribution in [1.29, 1.82) is 5.26 Å². The van der Waals surface area contributed by atoms with E-state index >= 15 is 0 Å². The van der Waals surface area contributed by atoms with E-state index in [2.05, 4.69) is 11.0 Å². The van der Waals surface area contributed by atoms with Gasteiger partial charge in [-0.1, -0.05) is 42.0 Å². The van der Waals surface area contributed by atoms with Crippen molar-refractivity contribution in [2.45, 2.75) is 26.4 Å². The zero-order chi connectivity index (χ0) is 19.2. The van der Waals surface area contributed by atoms with E-state index in [4.69, 9.17) is 33.3 Å². The smallest absolute Gasteiger partial charge is 0.180 e. The van der Waals surface area contributed by atoms with Crippen molar-refractivity contribution < 1.29 is 9.47 Å². The van der Waals surface area contributed by atoms with E-state index in [0.717, 1.165) is 42.0 Å². The first-order valence-electron chi connectivity index (χ1n) is 9.00. The Morgan fingerprint density at radius 2 is 1.96 bits per heavy atom. The Kier molecular flexibility index (Phi) is 6.54. The van der Waals surface area contributed by atoms with E-state index in [0.29, 0.717) is 28.7 Å². The van der Waals surface area contributed by atoms with E-state index in [9.17, 15) is 5.26 Å². The molecule has 0 amide bonds. The van der Waals surface area contributed by atoms with Crippen LogP contribution in [0.15, 0.2) is 36.4 Å². The maximum atomic E-state index is 9.24. The SMILES string of the molecule is CCOc1cc(C(=S)N2CCCC2)cc(Cl)c1OCc1ccccc1C#N. The molecule has 0 bridgehead atoms. The van der Waals surface area contributed by atoms with Crippen LogP contribution >= 0.6 is 23.8 Å². The molecule has 6 heteroatoms. The molecule has 140 valence electrons. The van der Waals surface area contributed by atoms with Crippen molar-refractivity contribution in [3.8, 4) is 17.6 Å². The molecule has 4 nitrogen and oxygen atoms in total. The molecule has 0 aliphatic carbocycles. The number of ether oxygens (including phenoxy) is 2. The lowest BCUT2D eigenvalue weighted by Gasteiger charge is -2.21. The van der Waals surface area contributed by atoms with Crippen LogP contribution in [-0.2, 0) is 6.61 Å². The highest BCUT2D eigenvalue weighted by Gasteiger charge is 2.20. The third-order valence-corrected chi connectivity index (χ3v) is 5.23. The first-order valence-corrected chi connectivity index (χ1v) is 9.79. The molecular formula is C21H21ClN2O2S. The first-order chi connectivity index (χ1) is 13.1. The molecule has 2 aromatic carbocycles. The standard InChI is InChI=1S/C21H21ClN2O2S/c1-2-25-19-12-17(21(27)24-9-5-6-10-24)11-18(22)20(19)26-14-16-8-4-3-7-15(16)13-23/h3-4,7-8,11-12H,2,5-6,9-10,14H2,1H3. The van der Waals surface area contributed by atoms with Gasteiger partial charge in [0.2, 0.25) is 0 Å². The lowest BCUT2D eigenvalue weighted by molar-refractivity contribution is 0.269. The van der Waals surface area contributed by atoms with Crippen LogP contribution in [0.5, 0.6) is 11.5 Å². The van der Waals surface area contributed by atoms with Crippen LogP contribution in [0.3, 0.4) is 0 Å². The number of hydrogen-bond acceptors (Lipinski definition) is 4. The molecule has 1 fully saturated rings. The van der Waals surface area contributed by atoms with Gasteiger partial charge in [0.25, 0.3) is 0 Å². The summed E-state index contributed by atoms with van der Waals surface area (Å²) in [5.41, 5.74) is 2.25. The van der Waals surface area contributed by atoms with Gasteiger partial charge in [-0.25, -0.2) is 0 Å². The molecule has 0 unspecified atom stereocenters. The number of thiocarbonyl (C=S) groups is 1. The monoisotopic (exact) mass is 400 g/mol. The highest BCUT2D eigenvalue weighted by atomic mass is 35.5. The lowest BCUT2D eigenvalue weighted by atomic mass is 10.1. The van der Waals surface area contributed by atoms with Gasteiger partial charge in [-0.2, -0.15) is 5.26 Å². The average Bonchev–Trinajstić information content (AvgIpc) is 3.22. The van der Waals surface area contributed by atoms with Crippen LogP contribution in [0.2, 0.25) is 5.02 Å². The van der Waals surface area contributed by atoms with Gasteiger partial charge in [0.05, 0.1) is 23.3 Å². The minimum absolute atomic E-state index is 0.236. The molecule has 3 rings (SSSR count). The Hall–Kier alpha value is -2.29. The molecule has 1 aliphatic rings. The summed E-state index contributed by atoms with van der Waals surface area (Å²) in [6, 6.07) is 13.2. The van der Waals surface area contributed by atoms with E-state index in [1.807, 2.05) is 37.3 Å². The molecule has 0 aromatic heterocycles.